The van der Waals surface area contributed by atoms with Crippen LogP contribution in [0.3, 0.4) is 0 Å². The third kappa shape index (κ3) is 2.82. The fourth-order valence-corrected chi connectivity index (χ4v) is 4.61. The van der Waals surface area contributed by atoms with Gasteiger partial charge in [0.15, 0.2) is 0 Å². The van der Waals surface area contributed by atoms with Gasteiger partial charge in [0.2, 0.25) is 0 Å². The van der Waals surface area contributed by atoms with Crippen LogP contribution in [0.4, 0.5) is 0 Å². The molecule has 0 spiro atoms. The fraction of sp³-hybridized carbons (Fsp3) is 0.389. The Hall–Kier alpha value is -1.29. The molecular weight excluding hydrogens is 331 g/mol. The molecule has 2 bridgehead atoms. The van der Waals surface area contributed by atoms with Crippen molar-refractivity contribution >= 4 is 23.2 Å². The van der Waals surface area contributed by atoms with E-state index in [4.69, 9.17) is 23.2 Å². The average Bonchev–Trinajstić information content (AvgIpc) is 2.53. The monoisotopic (exact) mass is 349 g/mol. The third-order valence-corrected chi connectivity index (χ3v) is 6.00. The number of hydrogen-bond acceptors (Lipinski definition) is 1. The van der Waals surface area contributed by atoms with Crippen LogP contribution in [0.2, 0.25) is 10.0 Å². The lowest BCUT2D eigenvalue weighted by atomic mass is 9.83. The normalized spacial score (nSPS) is 25.9. The van der Waals surface area contributed by atoms with Crippen LogP contribution in [0.1, 0.15) is 23.6 Å². The molecule has 3 atom stereocenters. The van der Waals surface area contributed by atoms with E-state index in [0.29, 0.717) is 21.9 Å². The van der Waals surface area contributed by atoms with Gasteiger partial charge < -0.3 is 9.47 Å². The zero-order valence-electron chi connectivity index (χ0n) is 12.8. The van der Waals surface area contributed by atoms with Crippen molar-refractivity contribution in [1.82, 2.24) is 4.57 Å². The van der Waals surface area contributed by atoms with Gasteiger partial charge in [-0.1, -0.05) is 41.4 Å². The molecule has 3 nitrogen and oxygen atoms in total. The van der Waals surface area contributed by atoms with E-state index in [9.17, 15) is 4.79 Å². The number of piperidine rings is 1. The lowest BCUT2D eigenvalue weighted by molar-refractivity contribution is -0.924. The van der Waals surface area contributed by atoms with Crippen LogP contribution in [0, 0.1) is 5.92 Å². The maximum Gasteiger partial charge on any atom is 0.250 e. The number of hydrogen-bond donors (Lipinski definition) is 1. The molecule has 0 amide bonds. The van der Waals surface area contributed by atoms with E-state index in [-0.39, 0.29) is 5.56 Å². The summed E-state index contributed by atoms with van der Waals surface area (Å²) in [6.45, 7) is 3.87. The Morgan fingerprint density at radius 1 is 1.13 bits per heavy atom. The Morgan fingerprint density at radius 2 is 1.96 bits per heavy atom. The predicted molar refractivity (Wildman–Crippen MR) is 92.4 cm³/mol. The molecule has 2 aliphatic heterocycles. The molecule has 1 saturated heterocycles. The Labute approximate surface area is 145 Å². The summed E-state index contributed by atoms with van der Waals surface area (Å²) in [5.41, 5.74) is 2.45. The van der Waals surface area contributed by atoms with Crippen LogP contribution < -0.4 is 10.5 Å². The molecule has 23 heavy (non-hydrogen) atoms. The molecule has 1 N–H and O–H groups in total. The first-order valence-corrected chi connectivity index (χ1v) is 8.83. The molecule has 1 aromatic carbocycles. The second kappa shape index (κ2) is 5.97. The summed E-state index contributed by atoms with van der Waals surface area (Å²) in [6, 6.07) is 11.5. The van der Waals surface area contributed by atoms with Gasteiger partial charge in [-0.25, -0.2) is 0 Å². The summed E-state index contributed by atoms with van der Waals surface area (Å²) in [4.78, 5) is 13.6. The summed E-state index contributed by atoms with van der Waals surface area (Å²) in [6.07, 6.45) is 1.19. The molecule has 4 rings (SSSR count). The van der Waals surface area contributed by atoms with Crippen molar-refractivity contribution in [1.29, 1.82) is 0 Å². The maximum absolute atomic E-state index is 12.1. The van der Waals surface area contributed by atoms with E-state index in [1.165, 1.54) is 17.0 Å². The van der Waals surface area contributed by atoms with Crippen LogP contribution in [0.5, 0.6) is 0 Å². The lowest BCUT2D eigenvalue weighted by Crippen LogP contribution is -3.13. The van der Waals surface area contributed by atoms with Crippen LogP contribution in [0.15, 0.2) is 41.2 Å². The molecule has 0 aliphatic carbocycles. The standard InChI is InChI=1S/C18H18Cl2N2O/c19-15-4-1-3-13(18(15)20)10-21-8-12-7-14(11-21)16-5-2-6-17(23)22(16)9-12/h1-6,12,14H,7-11H2/p+1/t12-,14+/m0/s1. The fourth-order valence-electron chi connectivity index (χ4n) is 4.22. The molecule has 5 heteroatoms. The molecule has 120 valence electrons. The minimum atomic E-state index is 0.138. The van der Waals surface area contributed by atoms with Gasteiger partial charge in [-0.05, 0) is 18.6 Å². The number of halogens is 2. The highest BCUT2D eigenvalue weighted by Crippen LogP contribution is 2.30. The van der Waals surface area contributed by atoms with Gasteiger partial charge in [0, 0.05) is 35.7 Å². The number of nitrogens with zero attached hydrogens (tertiary/aromatic N) is 1. The van der Waals surface area contributed by atoms with Crippen molar-refractivity contribution in [2.45, 2.75) is 25.4 Å². The van der Waals surface area contributed by atoms with Crippen molar-refractivity contribution in [2.24, 2.45) is 5.92 Å². The highest BCUT2D eigenvalue weighted by Gasteiger charge is 2.37. The van der Waals surface area contributed by atoms with Gasteiger partial charge in [0.05, 0.1) is 23.1 Å². The zero-order chi connectivity index (χ0) is 16.0. The van der Waals surface area contributed by atoms with Crippen LogP contribution in [0.25, 0.3) is 0 Å². The Morgan fingerprint density at radius 3 is 2.83 bits per heavy atom. The van der Waals surface area contributed by atoms with E-state index < -0.39 is 0 Å². The smallest absolute Gasteiger partial charge is 0.250 e. The third-order valence-electron chi connectivity index (χ3n) is 5.14. The summed E-state index contributed by atoms with van der Waals surface area (Å²) in [5.74, 6) is 1.03. The van der Waals surface area contributed by atoms with Crippen molar-refractivity contribution in [3.8, 4) is 0 Å². The lowest BCUT2D eigenvalue weighted by Gasteiger charge is -2.40. The summed E-state index contributed by atoms with van der Waals surface area (Å²) in [5, 5.41) is 1.30. The SMILES string of the molecule is O=c1cccc2n1C[C@H]1C[C@@H]2C[NH+](Cc2cccc(Cl)c2Cl)C1. The topological polar surface area (TPSA) is 26.4 Å². The second-order valence-corrected chi connectivity index (χ2v) is 7.53. The van der Waals surface area contributed by atoms with Gasteiger partial charge in [0.25, 0.3) is 5.56 Å². The minimum Gasteiger partial charge on any atom is -0.330 e. The van der Waals surface area contributed by atoms with Gasteiger partial charge >= 0.3 is 0 Å². The number of pyridine rings is 1. The summed E-state index contributed by atoms with van der Waals surface area (Å²) < 4.78 is 1.97. The second-order valence-electron chi connectivity index (χ2n) is 6.75. The number of likely N-dealkylation sites (tertiary alicyclic amines) is 1. The van der Waals surface area contributed by atoms with E-state index in [1.54, 1.807) is 6.07 Å². The van der Waals surface area contributed by atoms with Gasteiger partial charge in [-0.2, -0.15) is 0 Å². The first-order chi connectivity index (χ1) is 11.1. The Kier molecular flexibility index (Phi) is 3.96. The minimum absolute atomic E-state index is 0.138. The maximum atomic E-state index is 12.1. The molecule has 0 radical (unpaired) electrons. The predicted octanol–water partition coefficient (Wildman–Crippen LogP) is 2.36. The average molecular weight is 350 g/mol. The van der Waals surface area contributed by atoms with E-state index in [0.717, 1.165) is 31.7 Å². The van der Waals surface area contributed by atoms with Crippen molar-refractivity contribution < 1.29 is 4.90 Å². The number of fused-ring (bicyclic) bond motifs is 4. The van der Waals surface area contributed by atoms with E-state index in [2.05, 4.69) is 12.1 Å². The number of rotatable bonds is 2. The van der Waals surface area contributed by atoms with Crippen LogP contribution >= 0.6 is 23.2 Å². The van der Waals surface area contributed by atoms with Gasteiger partial charge in [-0.15, -0.1) is 0 Å². The van der Waals surface area contributed by atoms with Gasteiger partial charge in [0.1, 0.15) is 6.54 Å². The molecule has 1 fully saturated rings. The summed E-state index contributed by atoms with van der Waals surface area (Å²) in [7, 11) is 0. The van der Waals surface area contributed by atoms with Crippen molar-refractivity contribution in [2.75, 3.05) is 13.1 Å². The first-order valence-electron chi connectivity index (χ1n) is 8.08. The summed E-state index contributed by atoms with van der Waals surface area (Å²) >= 11 is 12.5. The highest BCUT2D eigenvalue weighted by molar-refractivity contribution is 6.42. The molecule has 0 saturated carbocycles. The molecule has 1 unspecified atom stereocenters. The molecule has 1 aromatic heterocycles. The molecular formula is C18H19Cl2N2O+. The first kappa shape index (κ1) is 15.3. The molecule has 2 aromatic rings. The number of aromatic nitrogens is 1. The number of benzene rings is 1. The highest BCUT2D eigenvalue weighted by atomic mass is 35.5. The van der Waals surface area contributed by atoms with Gasteiger partial charge in [-0.3, -0.25) is 4.79 Å². The van der Waals surface area contributed by atoms with Crippen molar-refractivity contribution in [3.05, 3.63) is 68.1 Å². The van der Waals surface area contributed by atoms with Crippen LogP contribution in [-0.4, -0.2) is 17.7 Å². The molecule has 2 aliphatic rings. The largest absolute Gasteiger partial charge is 0.330 e. The van der Waals surface area contributed by atoms with Crippen LogP contribution in [-0.2, 0) is 13.1 Å². The van der Waals surface area contributed by atoms with E-state index in [1.807, 2.05) is 22.8 Å². The van der Waals surface area contributed by atoms with E-state index >= 15 is 0 Å². The Balaban J connectivity index is 1.59. The number of nitrogens with one attached hydrogen (secondary N) is 1. The van der Waals surface area contributed by atoms with Crippen molar-refractivity contribution in [3.63, 3.8) is 0 Å². The Bertz CT molecular complexity index is 802. The quantitative estimate of drug-likeness (QED) is 0.884. The number of quaternary nitrogens is 1. The zero-order valence-corrected chi connectivity index (χ0v) is 14.3. The molecule has 3 heterocycles.